The van der Waals surface area contributed by atoms with Gasteiger partial charge in [-0.1, -0.05) is 30.3 Å². The molecule has 0 aliphatic carbocycles. The summed E-state index contributed by atoms with van der Waals surface area (Å²) in [5, 5.41) is 9.45. The van der Waals surface area contributed by atoms with E-state index in [4.69, 9.17) is 5.84 Å². The lowest BCUT2D eigenvalue weighted by Crippen LogP contribution is -2.36. The quantitative estimate of drug-likeness (QED) is 0.452. The number of carbonyl (C=O) groups excluding carboxylic acids is 2. The highest BCUT2D eigenvalue weighted by Crippen LogP contribution is 2.33. The number of hydrogen-bond acceptors (Lipinski definition) is 4. The number of nitrogens with two attached hydrogens (primary N) is 1. The van der Waals surface area contributed by atoms with Crippen LogP contribution in [0.1, 0.15) is 33.9 Å². The van der Waals surface area contributed by atoms with E-state index in [9.17, 15) is 14.7 Å². The standard InChI is InChI=1S/C17H17N3O3/c18-19-16(22)9-15(11-5-7-13(21)8-6-11)20-10-12-3-1-2-4-14(12)17(20)23/h1-8,15,21H,9-10,18H2,(H,19,22)/t15-/m0/s1. The summed E-state index contributed by atoms with van der Waals surface area (Å²) in [5.41, 5.74) is 4.48. The lowest BCUT2D eigenvalue weighted by atomic mass is 10.0. The molecule has 0 unspecified atom stereocenters. The topological polar surface area (TPSA) is 95.7 Å². The predicted molar refractivity (Wildman–Crippen MR) is 84.1 cm³/mol. The Morgan fingerprint density at radius 2 is 1.91 bits per heavy atom. The SMILES string of the molecule is NNC(=O)C[C@@H](c1ccc(O)cc1)N1Cc2ccccc2C1=O. The third-order valence-corrected chi connectivity index (χ3v) is 4.04. The number of carbonyl (C=O) groups is 2. The van der Waals surface area contributed by atoms with Crippen LogP contribution >= 0.6 is 0 Å². The molecular formula is C17H17N3O3. The highest BCUT2D eigenvalue weighted by atomic mass is 16.3. The van der Waals surface area contributed by atoms with Crippen LogP contribution in [0.4, 0.5) is 0 Å². The van der Waals surface area contributed by atoms with Crippen molar-refractivity contribution in [2.24, 2.45) is 5.84 Å². The molecule has 1 heterocycles. The maximum atomic E-state index is 12.7. The van der Waals surface area contributed by atoms with Gasteiger partial charge in [-0.2, -0.15) is 0 Å². The number of rotatable bonds is 4. The van der Waals surface area contributed by atoms with Crippen LogP contribution in [0.2, 0.25) is 0 Å². The largest absolute Gasteiger partial charge is 0.508 e. The van der Waals surface area contributed by atoms with Crippen molar-refractivity contribution in [3.8, 4) is 5.75 Å². The van der Waals surface area contributed by atoms with Crippen LogP contribution in [0.5, 0.6) is 5.75 Å². The van der Waals surface area contributed by atoms with Crippen molar-refractivity contribution < 1.29 is 14.7 Å². The van der Waals surface area contributed by atoms with E-state index in [1.54, 1.807) is 23.1 Å². The van der Waals surface area contributed by atoms with Crippen LogP contribution in [0.3, 0.4) is 0 Å². The molecule has 0 fully saturated rings. The van der Waals surface area contributed by atoms with Crippen LogP contribution in [-0.2, 0) is 11.3 Å². The Bertz CT molecular complexity index is 743. The fraction of sp³-hybridized carbons (Fsp3) is 0.176. The molecule has 1 atom stereocenters. The van der Waals surface area contributed by atoms with E-state index in [1.165, 1.54) is 12.1 Å². The smallest absolute Gasteiger partial charge is 0.255 e. The van der Waals surface area contributed by atoms with Crippen LogP contribution in [0, 0.1) is 0 Å². The van der Waals surface area contributed by atoms with Crippen molar-refractivity contribution in [1.29, 1.82) is 0 Å². The summed E-state index contributed by atoms with van der Waals surface area (Å²) in [5.74, 6) is 4.87. The van der Waals surface area contributed by atoms with E-state index in [0.29, 0.717) is 12.1 Å². The molecule has 0 bridgehead atoms. The first-order chi connectivity index (χ1) is 11.1. The number of aromatic hydroxyl groups is 1. The molecule has 2 aromatic rings. The first-order valence-corrected chi connectivity index (χ1v) is 7.27. The Kier molecular flexibility index (Phi) is 3.99. The molecule has 0 saturated heterocycles. The van der Waals surface area contributed by atoms with Gasteiger partial charge in [-0.25, -0.2) is 5.84 Å². The summed E-state index contributed by atoms with van der Waals surface area (Å²) in [6.07, 6.45) is 0.0566. The second kappa shape index (κ2) is 6.10. The zero-order valence-corrected chi connectivity index (χ0v) is 12.4. The summed E-state index contributed by atoms with van der Waals surface area (Å²) in [7, 11) is 0. The van der Waals surface area contributed by atoms with E-state index < -0.39 is 6.04 Å². The maximum Gasteiger partial charge on any atom is 0.255 e. The summed E-state index contributed by atoms with van der Waals surface area (Å²) < 4.78 is 0. The predicted octanol–water partition coefficient (Wildman–Crippen LogP) is 1.47. The molecule has 0 spiro atoms. The van der Waals surface area contributed by atoms with Gasteiger partial charge >= 0.3 is 0 Å². The fourth-order valence-corrected chi connectivity index (χ4v) is 2.87. The van der Waals surface area contributed by atoms with Crippen LogP contribution in [-0.4, -0.2) is 21.8 Å². The number of benzene rings is 2. The molecule has 0 radical (unpaired) electrons. The summed E-state index contributed by atoms with van der Waals surface area (Å²) in [6, 6.07) is 13.4. The number of nitrogens with one attached hydrogen (secondary N) is 1. The Labute approximate surface area is 133 Å². The lowest BCUT2D eigenvalue weighted by Gasteiger charge is -2.27. The lowest BCUT2D eigenvalue weighted by molar-refractivity contribution is -0.122. The zero-order chi connectivity index (χ0) is 16.4. The molecular weight excluding hydrogens is 294 g/mol. The molecule has 2 amide bonds. The minimum absolute atomic E-state index is 0.0566. The molecule has 0 aromatic heterocycles. The third kappa shape index (κ3) is 2.89. The van der Waals surface area contributed by atoms with Gasteiger partial charge in [0.2, 0.25) is 5.91 Å². The van der Waals surface area contributed by atoms with Gasteiger partial charge in [0.25, 0.3) is 5.91 Å². The van der Waals surface area contributed by atoms with Crippen molar-refractivity contribution in [3.05, 3.63) is 65.2 Å². The zero-order valence-electron chi connectivity index (χ0n) is 12.4. The number of phenolic OH excluding ortho intramolecular Hbond substituents is 1. The van der Waals surface area contributed by atoms with Gasteiger partial charge in [-0.3, -0.25) is 15.0 Å². The van der Waals surface area contributed by atoms with Gasteiger partial charge in [-0.05, 0) is 29.3 Å². The minimum Gasteiger partial charge on any atom is -0.508 e. The molecule has 23 heavy (non-hydrogen) atoms. The number of phenols is 1. The Balaban J connectivity index is 1.95. The number of amides is 2. The highest BCUT2D eigenvalue weighted by Gasteiger charge is 2.34. The minimum atomic E-state index is -0.445. The molecule has 0 saturated carbocycles. The molecule has 1 aliphatic rings. The number of hydrogen-bond donors (Lipinski definition) is 3. The van der Waals surface area contributed by atoms with E-state index >= 15 is 0 Å². The van der Waals surface area contributed by atoms with Crippen molar-refractivity contribution in [3.63, 3.8) is 0 Å². The molecule has 6 nitrogen and oxygen atoms in total. The number of hydrazine groups is 1. The van der Waals surface area contributed by atoms with Crippen molar-refractivity contribution in [1.82, 2.24) is 10.3 Å². The van der Waals surface area contributed by atoms with Crippen LogP contribution in [0.25, 0.3) is 0 Å². The summed E-state index contributed by atoms with van der Waals surface area (Å²) in [4.78, 5) is 26.1. The Morgan fingerprint density at radius 3 is 2.57 bits per heavy atom. The number of fused-ring (bicyclic) bond motifs is 1. The van der Waals surface area contributed by atoms with Crippen molar-refractivity contribution in [2.75, 3.05) is 0 Å². The van der Waals surface area contributed by atoms with Gasteiger partial charge in [-0.15, -0.1) is 0 Å². The third-order valence-electron chi connectivity index (χ3n) is 4.04. The Hall–Kier alpha value is -2.86. The first kappa shape index (κ1) is 15.1. The average molecular weight is 311 g/mol. The maximum absolute atomic E-state index is 12.7. The average Bonchev–Trinajstić information content (AvgIpc) is 2.90. The van der Waals surface area contributed by atoms with E-state index in [1.807, 2.05) is 18.2 Å². The van der Waals surface area contributed by atoms with Crippen molar-refractivity contribution in [2.45, 2.75) is 19.0 Å². The first-order valence-electron chi connectivity index (χ1n) is 7.27. The summed E-state index contributed by atoms with van der Waals surface area (Å²) in [6.45, 7) is 0.443. The van der Waals surface area contributed by atoms with Gasteiger partial charge in [0, 0.05) is 12.1 Å². The van der Waals surface area contributed by atoms with Crippen LogP contribution in [0.15, 0.2) is 48.5 Å². The highest BCUT2D eigenvalue weighted by molar-refractivity contribution is 5.98. The van der Waals surface area contributed by atoms with Gasteiger partial charge in [0.15, 0.2) is 0 Å². The Morgan fingerprint density at radius 1 is 1.22 bits per heavy atom. The van der Waals surface area contributed by atoms with E-state index in [2.05, 4.69) is 5.43 Å². The molecule has 6 heteroatoms. The van der Waals surface area contributed by atoms with E-state index in [-0.39, 0.29) is 24.0 Å². The van der Waals surface area contributed by atoms with Crippen LogP contribution < -0.4 is 11.3 Å². The normalized spacial score (nSPS) is 14.5. The van der Waals surface area contributed by atoms with Gasteiger partial charge < -0.3 is 10.0 Å². The van der Waals surface area contributed by atoms with E-state index in [0.717, 1.165) is 11.1 Å². The van der Waals surface area contributed by atoms with Gasteiger partial charge in [0.1, 0.15) is 5.75 Å². The molecule has 3 rings (SSSR count). The molecule has 118 valence electrons. The van der Waals surface area contributed by atoms with Gasteiger partial charge in [0.05, 0.1) is 12.5 Å². The number of nitrogens with zero attached hydrogens (tertiary/aromatic N) is 1. The summed E-state index contributed by atoms with van der Waals surface area (Å²) >= 11 is 0. The fourth-order valence-electron chi connectivity index (χ4n) is 2.87. The monoisotopic (exact) mass is 311 g/mol. The molecule has 1 aliphatic heterocycles. The molecule has 2 aromatic carbocycles. The van der Waals surface area contributed by atoms with Crippen molar-refractivity contribution >= 4 is 11.8 Å². The molecule has 4 N–H and O–H groups in total. The second-order valence-corrected chi connectivity index (χ2v) is 5.47. The second-order valence-electron chi connectivity index (χ2n) is 5.47.